The molecule has 0 bridgehead atoms. The number of hydrogen-bond donors (Lipinski definition) is 1. The van der Waals surface area contributed by atoms with Crippen LogP contribution >= 0.6 is 0 Å². The number of para-hydroxylation sites is 2. The molecule has 0 aliphatic heterocycles. The minimum absolute atomic E-state index is 0.852. The van der Waals surface area contributed by atoms with Crippen molar-refractivity contribution < 1.29 is 0 Å². The quantitative estimate of drug-likeness (QED) is 0.501. The Kier molecular flexibility index (Phi) is 4.53. The van der Waals surface area contributed by atoms with E-state index in [1.807, 2.05) is 48.5 Å². The van der Waals surface area contributed by atoms with Crippen LogP contribution in [0, 0.1) is 13.8 Å². The first-order valence-corrected chi connectivity index (χ1v) is 7.76. The van der Waals surface area contributed by atoms with E-state index in [0.717, 1.165) is 28.3 Å². The van der Waals surface area contributed by atoms with E-state index in [2.05, 4.69) is 49.5 Å². The van der Waals surface area contributed by atoms with E-state index < -0.39 is 0 Å². The van der Waals surface area contributed by atoms with Gasteiger partial charge in [0.1, 0.15) is 5.84 Å². The van der Waals surface area contributed by atoms with E-state index in [9.17, 15) is 0 Å². The fourth-order valence-electron chi connectivity index (χ4n) is 2.34. The molecule has 2 nitrogen and oxygen atoms in total. The lowest BCUT2D eigenvalue weighted by atomic mass is 10.1. The number of rotatable bonds is 3. The average molecular weight is 300 g/mol. The highest BCUT2D eigenvalue weighted by Crippen LogP contribution is 2.20. The molecule has 0 atom stereocenters. The maximum atomic E-state index is 4.86. The first kappa shape index (κ1) is 15.0. The van der Waals surface area contributed by atoms with Gasteiger partial charge >= 0.3 is 0 Å². The highest BCUT2D eigenvalue weighted by Gasteiger charge is 2.05. The molecular formula is C21H20N2. The summed E-state index contributed by atoms with van der Waals surface area (Å²) in [5, 5.41) is 3.44. The number of nitrogens with one attached hydrogen (secondary N) is 1. The first-order valence-electron chi connectivity index (χ1n) is 7.76. The molecule has 3 rings (SSSR count). The standard InChI is InChI=1S/C21H20N2/c1-16-12-14-18(15-13-16)21(22-19-9-4-3-5-10-19)23-20-11-7-6-8-17(20)2/h3-15H,1-2H3,(H,22,23). The molecule has 0 aliphatic carbocycles. The van der Waals surface area contributed by atoms with E-state index in [4.69, 9.17) is 4.99 Å². The maximum Gasteiger partial charge on any atom is 0.138 e. The van der Waals surface area contributed by atoms with Crippen molar-refractivity contribution in [2.24, 2.45) is 4.99 Å². The SMILES string of the molecule is Cc1ccc(C(=Nc2ccccc2C)Nc2ccccc2)cc1. The molecule has 1 N–H and O–H groups in total. The number of benzene rings is 3. The molecule has 23 heavy (non-hydrogen) atoms. The summed E-state index contributed by atoms with van der Waals surface area (Å²) in [4.78, 5) is 4.86. The zero-order chi connectivity index (χ0) is 16.1. The average Bonchev–Trinajstić information content (AvgIpc) is 2.58. The first-order chi connectivity index (χ1) is 11.2. The van der Waals surface area contributed by atoms with Crippen molar-refractivity contribution in [3.63, 3.8) is 0 Å². The van der Waals surface area contributed by atoms with Gasteiger partial charge in [0.15, 0.2) is 0 Å². The molecule has 0 unspecified atom stereocenters. The molecule has 0 saturated heterocycles. The van der Waals surface area contributed by atoms with Gasteiger partial charge < -0.3 is 5.32 Å². The Bertz CT molecular complexity index is 803. The lowest BCUT2D eigenvalue weighted by molar-refractivity contribution is 1.38. The fourth-order valence-corrected chi connectivity index (χ4v) is 2.34. The van der Waals surface area contributed by atoms with Crippen molar-refractivity contribution >= 4 is 17.2 Å². The van der Waals surface area contributed by atoms with E-state index >= 15 is 0 Å². The zero-order valence-corrected chi connectivity index (χ0v) is 13.5. The van der Waals surface area contributed by atoms with Crippen LogP contribution < -0.4 is 5.32 Å². The van der Waals surface area contributed by atoms with Crippen molar-refractivity contribution in [1.29, 1.82) is 0 Å². The summed E-state index contributed by atoms with van der Waals surface area (Å²) in [6.45, 7) is 4.17. The second kappa shape index (κ2) is 6.93. The third kappa shape index (κ3) is 3.86. The minimum Gasteiger partial charge on any atom is -0.340 e. The lowest BCUT2D eigenvalue weighted by Gasteiger charge is -2.12. The van der Waals surface area contributed by atoms with Crippen molar-refractivity contribution in [3.05, 3.63) is 95.6 Å². The van der Waals surface area contributed by atoms with Crippen molar-refractivity contribution in [1.82, 2.24) is 0 Å². The molecule has 0 spiro atoms. The molecule has 0 heterocycles. The molecule has 0 amide bonds. The van der Waals surface area contributed by atoms with Gasteiger partial charge in [-0.15, -0.1) is 0 Å². The molecule has 0 radical (unpaired) electrons. The molecular weight excluding hydrogens is 280 g/mol. The van der Waals surface area contributed by atoms with Gasteiger partial charge in [0, 0.05) is 11.3 Å². The number of amidine groups is 1. The van der Waals surface area contributed by atoms with Crippen LogP contribution in [0.3, 0.4) is 0 Å². The van der Waals surface area contributed by atoms with Crippen LogP contribution in [-0.2, 0) is 0 Å². The van der Waals surface area contributed by atoms with E-state index in [1.165, 1.54) is 5.56 Å². The molecule has 0 aromatic heterocycles. The molecule has 0 fully saturated rings. The summed E-state index contributed by atoms with van der Waals surface area (Å²) in [7, 11) is 0. The summed E-state index contributed by atoms with van der Waals surface area (Å²) < 4.78 is 0. The van der Waals surface area contributed by atoms with Gasteiger partial charge in [-0.2, -0.15) is 0 Å². The Morgan fingerprint density at radius 2 is 1.39 bits per heavy atom. The van der Waals surface area contributed by atoms with Gasteiger partial charge in [-0.3, -0.25) is 0 Å². The highest BCUT2D eigenvalue weighted by atomic mass is 15.0. The van der Waals surface area contributed by atoms with Crippen LogP contribution in [-0.4, -0.2) is 5.84 Å². The summed E-state index contributed by atoms with van der Waals surface area (Å²) in [6.07, 6.45) is 0. The third-order valence-corrected chi connectivity index (χ3v) is 3.71. The Hall–Kier alpha value is -2.87. The van der Waals surface area contributed by atoms with Crippen LogP contribution in [0.2, 0.25) is 0 Å². The number of aliphatic imine (C=N–C) groups is 1. The Morgan fingerprint density at radius 1 is 0.739 bits per heavy atom. The van der Waals surface area contributed by atoms with Gasteiger partial charge in [0.25, 0.3) is 0 Å². The second-order valence-electron chi connectivity index (χ2n) is 5.60. The van der Waals surface area contributed by atoms with Crippen LogP contribution in [0.15, 0.2) is 83.9 Å². The van der Waals surface area contributed by atoms with Crippen LogP contribution in [0.4, 0.5) is 11.4 Å². The molecule has 114 valence electrons. The zero-order valence-electron chi connectivity index (χ0n) is 13.5. The van der Waals surface area contributed by atoms with Crippen molar-refractivity contribution in [2.45, 2.75) is 13.8 Å². The van der Waals surface area contributed by atoms with E-state index in [0.29, 0.717) is 0 Å². The number of anilines is 1. The molecule has 3 aromatic rings. The van der Waals surface area contributed by atoms with E-state index in [1.54, 1.807) is 0 Å². The summed E-state index contributed by atoms with van der Waals surface area (Å²) in [6, 6.07) is 26.7. The molecule has 3 aromatic carbocycles. The number of hydrogen-bond acceptors (Lipinski definition) is 1. The summed E-state index contributed by atoms with van der Waals surface area (Å²) >= 11 is 0. The van der Waals surface area contributed by atoms with Gasteiger partial charge in [-0.25, -0.2) is 4.99 Å². The third-order valence-electron chi connectivity index (χ3n) is 3.71. The van der Waals surface area contributed by atoms with Gasteiger partial charge in [0.2, 0.25) is 0 Å². The smallest absolute Gasteiger partial charge is 0.138 e. The van der Waals surface area contributed by atoms with Crippen LogP contribution in [0.5, 0.6) is 0 Å². The van der Waals surface area contributed by atoms with Crippen molar-refractivity contribution in [2.75, 3.05) is 5.32 Å². The fraction of sp³-hybridized carbons (Fsp3) is 0.0952. The highest BCUT2D eigenvalue weighted by molar-refractivity contribution is 6.09. The molecule has 2 heteroatoms. The number of aryl methyl sites for hydroxylation is 2. The van der Waals surface area contributed by atoms with Gasteiger partial charge in [0.05, 0.1) is 5.69 Å². The topological polar surface area (TPSA) is 24.4 Å². The Labute approximate surface area is 137 Å². The molecule has 0 aliphatic rings. The van der Waals surface area contributed by atoms with Crippen LogP contribution in [0.1, 0.15) is 16.7 Å². The monoisotopic (exact) mass is 300 g/mol. The predicted octanol–water partition coefficient (Wildman–Crippen LogP) is 5.49. The summed E-state index contributed by atoms with van der Waals surface area (Å²) in [5.41, 5.74) is 5.48. The minimum atomic E-state index is 0.852. The van der Waals surface area contributed by atoms with Gasteiger partial charge in [-0.05, 0) is 37.6 Å². The normalized spacial score (nSPS) is 11.3. The second-order valence-corrected chi connectivity index (χ2v) is 5.60. The lowest BCUT2D eigenvalue weighted by Crippen LogP contribution is -2.13. The largest absolute Gasteiger partial charge is 0.340 e. The van der Waals surface area contributed by atoms with Crippen molar-refractivity contribution in [3.8, 4) is 0 Å². The Morgan fingerprint density at radius 3 is 2.09 bits per heavy atom. The maximum absolute atomic E-state index is 4.86. The Balaban J connectivity index is 2.02. The molecule has 0 saturated carbocycles. The predicted molar refractivity (Wildman–Crippen MR) is 98.6 cm³/mol. The van der Waals surface area contributed by atoms with Gasteiger partial charge in [-0.1, -0.05) is 66.2 Å². The van der Waals surface area contributed by atoms with E-state index in [-0.39, 0.29) is 0 Å². The van der Waals surface area contributed by atoms with Crippen LogP contribution in [0.25, 0.3) is 0 Å². The number of nitrogens with zero attached hydrogens (tertiary/aromatic N) is 1. The summed E-state index contributed by atoms with van der Waals surface area (Å²) in [5.74, 6) is 0.852.